The fraction of sp³-hybridized carbons (Fsp3) is 0.375. The van der Waals surface area contributed by atoms with E-state index in [2.05, 4.69) is 9.47 Å². The smallest absolute Gasteiger partial charge is 0.349 e. The zero-order valence-corrected chi connectivity index (χ0v) is 15.7. The van der Waals surface area contributed by atoms with Crippen molar-refractivity contribution in [1.82, 2.24) is 0 Å². The molecule has 32 heavy (non-hydrogen) atoms. The van der Waals surface area contributed by atoms with Gasteiger partial charge >= 0.3 is 47.8 Å². The average molecular weight is 464 g/mol. The van der Waals surface area contributed by atoms with Gasteiger partial charge in [-0.2, -0.15) is 0 Å². The van der Waals surface area contributed by atoms with Gasteiger partial charge in [0.1, 0.15) is 0 Å². The van der Waals surface area contributed by atoms with Crippen molar-refractivity contribution in [1.29, 1.82) is 0 Å². The molecule has 0 saturated carbocycles. The summed E-state index contributed by atoms with van der Waals surface area (Å²) in [6.45, 7) is 0. The molecule has 0 aliphatic rings. The molecule has 16 nitrogen and oxygen atoms in total. The predicted molar refractivity (Wildman–Crippen MR) is 91.1 cm³/mol. The summed E-state index contributed by atoms with van der Waals surface area (Å²) < 4.78 is 8.76. The zero-order valence-electron chi connectivity index (χ0n) is 15.7. The van der Waals surface area contributed by atoms with Crippen molar-refractivity contribution in [3.05, 3.63) is 12.2 Å². The number of carboxylic acids is 6. The van der Waals surface area contributed by atoms with Crippen molar-refractivity contribution in [2.24, 2.45) is 0 Å². The molecule has 0 bridgehead atoms. The summed E-state index contributed by atoms with van der Waals surface area (Å²) in [5.41, 5.74) is -6.14. The SMILES string of the molecule is O=C(O)CC(CC(=O)O)(OC(=O)/C=C/C(=O)OC(CC(=O)O)(CC(=O)O)C(=O)O)C(=O)O. The van der Waals surface area contributed by atoms with E-state index >= 15 is 0 Å². The summed E-state index contributed by atoms with van der Waals surface area (Å²) in [5.74, 6) is -15.2. The maximum absolute atomic E-state index is 11.8. The van der Waals surface area contributed by atoms with Crippen LogP contribution >= 0.6 is 0 Å². The van der Waals surface area contributed by atoms with E-state index in [-0.39, 0.29) is 12.2 Å². The number of ether oxygens (including phenoxy) is 2. The van der Waals surface area contributed by atoms with Gasteiger partial charge in [0, 0.05) is 12.2 Å². The van der Waals surface area contributed by atoms with Crippen LogP contribution in [0.4, 0.5) is 0 Å². The summed E-state index contributed by atoms with van der Waals surface area (Å²) in [6, 6.07) is 0. The van der Waals surface area contributed by atoms with E-state index in [9.17, 15) is 38.4 Å². The molecule has 6 N–H and O–H groups in total. The molecule has 16 heteroatoms. The lowest BCUT2D eigenvalue weighted by molar-refractivity contribution is -0.184. The highest BCUT2D eigenvalue weighted by Gasteiger charge is 2.48. The van der Waals surface area contributed by atoms with Gasteiger partial charge in [0.15, 0.2) is 0 Å². The second kappa shape index (κ2) is 11.0. The van der Waals surface area contributed by atoms with Crippen LogP contribution in [0.15, 0.2) is 12.2 Å². The standard InChI is InChI=1S/C16H16O16/c17-7(18)3-15(13(27)28,4-8(19)20)31-11(25)1-2-12(26)32-16(14(29)30,5-9(21)22)6-10(23)24/h1-2H,3-6H2,(H,17,18)(H,19,20)(H,21,22)(H,23,24)(H,27,28)(H,29,30)/b2-1+. The largest absolute Gasteiger partial charge is 0.481 e. The maximum Gasteiger partial charge on any atom is 0.349 e. The van der Waals surface area contributed by atoms with E-state index in [1.807, 2.05) is 0 Å². The van der Waals surface area contributed by atoms with Crippen molar-refractivity contribution in [2.45, 2.75) is 36.9 Å². The predicted octanol–water partition coefficient (Wildman–Crippen LogP) is -1.83. The second-order valence-corrected chi connectivity index (χ2v) is 6.06. The Morgan fingerprint density at radius 3 is 0.875 bits per heavy atom. The highest BCUT2D eigenvalue weighted by atomic mass is 16.6. The number of hydrogen-bond acceptors (Lipinski definition) is 10. The topological polar surface area (TPSA) is 276 Å². The van der Waals surface area contributed by atoms with Gasteiger partial charge in [-0.05, 0) is 0 Å². The van der Waals surface area contributed by atoms with Gasteiger partial charge in [-0.15, -0.1) is 0 Å². The normalized spacial score (nSPS) is 11.4. The number of carboxylic acid groups (broad SMARTS) is 6. The Morgan fingerprint density at radius 1 is 0.500 bits per heavy atom. The van der Waals surface area contributed by atoms with Crippen LogP contribution in [0.3, 0.4) is 0 Å². The van der Waals surface area contributed by atoms with Gasteiger partial charge in [-0.3, -0.25) is 19.2 Å². The van der Waals surface area contributed by atoms with Crippen LogP contribution in [0.2, 0.25) is 0 Å². The van der Waals surface area contributed by atoms with E-state index < -0.39 is 84.6 Å². The van der Waals surface area contributed by atoms with Crippen LogP contribution in [0.5, 0.6) is 0 Å². The maximum atomic E-state index is 11.8. The van der Waals surface area contributed by atoms with Gasteiger partial charge in [0.25, 0.3) is 0 Å². The number of esters is 2. The van der Waals surface area contributed by atoms with Crippen LogP contribution < -0.4 is 0 Å². The van der Waals surface area contributed by atoms with Crippen molar-refractivity contribution < 1.29 is 78.5 Å². The third-order valence-electron chi connectivity index (χ3n) is 3.47. The quantitative estimate of drug-likeness (QED) is 0.122. The third kappa shape index (κ3) is 8.47. The Kier molecular flexibility index (Phi) is 9.49. The molecular weight excluding hydrogens is 448 g/mol. The molecule has 0 unspecified atom stereocenters. The molecule has 0 fully saturated rings. The molecule has 0 aromatic heterocycles. The first kappa shape index (κ1) is 27.5. The molecule has 0 aliphatic heterocycles. The molecule has 0 atom stereocenters. The lowest BCUT2D eigenvalue weighted by Gasteiger charge is -2.26. The molecule has 0 amide bonds. The van der Waals surface area contributed by atoms with E-state index in [0.717, 1.165) is 0 Å². The van der Waals surface area contributed by atoms with Gasteiger partial charge in [0.05, 0.1) is 25.7 Å². The molecule has 0 heterocycles. The second-order valence-electron chi connectivity index (χ2n) is 6.06. The number of rotatable bonds is 14. The molecule has 0 radical (unpaired) electrons. The lowest BCUT2D eigenvalue weighted by atomic mass is 9.95. The fourth-order valence-electron chi connectivity index (χ4n) is 2.23. The van der Waals surface area contributed by atoms with Crippen LogP contribution in [0.25, 0.3) is 0 Å². The van der Waals surface area contributed by atoms with Crippen molar-refractivity contribution in [2.75, 3.05) is 0 Å². The first-order valence-corrected chi connectivity index (χ1v) is 8.03. The fourth-order valence-corrected chi connectivity index (χ4v) is 2.23. The van der Waals surface area contributed by atoms with E-state index in [1.54, 1.807) is 0 Å². The number of carbonyl (C=O) groups excluding carboxylic acids is 2. The summed E-state index contributed by atoms with van der Waals surface area (Å²) >= 11 is 0. The minimum absolute atomic E-state index is 0.109. The summed E-state index contributed by atoms with van der Waals surface area (Å²) in [4.78, 5) is 89.7. The molecule has 0 aromatic carbocycles. The zero-order chi connectivity index (χ0) is 25.3. The number of hydrogen-bond donors (Lipinski definition) is 6. The Hall–Kier alpha value is -4.50. The lowest BCUT2D eigenvalue weighted by Crippen LogP contribution is -2.47. The summed E-state index contributed by atoms with van der Waals surface area (Å²) in [7, 11) is 0. The van der Waals surface area contributed by atoms with Gasteiger partial charge in [-0.1, -0.05) is 0 Å². The van der Waals surface area contributed by atoms with Crippen LogP contribution in [-0.2, 0) is 47.8 Å². The molecule has 0 aromatic rings. The third-order valence-corrected chi connectivity index (χ3v) is 3.47. The van der Waals surface area contributed by atoms with E-state index in [0.29, 0.717) is 0 Å². The first-order chi connectivity index (χ1) is 14.5. The highest BCUT2D eigenvalue weighted by molar-refractivity contribution is 5.97. The van der Waals surface area contributed by atoms with Gasteiger partial charge in [-0.25, -0.2) is 19.2 Å². The van der Waals surface area contributed by atoms with Crippen LogP contribution in [-0.4, -0.2) is 89.6 Å². The van der Waals surface area contributed by atoms with Crippen molar-refractivity contribution in [3.63, 3.8) is 0 Å². The Morgan fingerprint density at radius 2 is 0.719 bits per heavy atom. The first-order valence-electron chi connectivity index (χ1n) is 8.03. The molecule has 176 valence electrons. The van der Waals surface area contributed by atoms with Crippen LogP contribution in [0, 0.1) is 0 Å². The highest BCUT2D eigenvalue weighted by Crippen LogP contribution is 2.24. The monoisotopic (exact) mass is 464 g/mol. The summed E-state index contributed by atoms with van der Waals surface area (Å²) in [5, 5.41) is 53.4. The van der Waals surface area contributed by atoms with Crippen molar-refractivity contribution >= 4 is 47.8 Å². The molecule has 0 rings (SSSR count). The molecule has 0 spiro atoms. The minimum atomic E-state index is -3.07. The van der Waals surface area contributed by atoms with Gasteiger partial charge in [0.2, 0.25) is 11.2 Å². The average Bonchev–Trinajstić information content (AvgIpc) is 2.57. The number of carbonyl (C=O) groups is 8. The van der Waals surface area contributed by atoms with Crippen molar-refractivity contribution in [3.8, 4) is 0 Å². The number of aliphatic carboxylic acids is 6. The Bertz CT molecular complexity index is 763. The Balaban J connectivity index is 5.72. The Labute approximate surface area is 176 Å². The van der Waals surface area contributed by atoms with E-state index in [1.165, 1.54) is 0 Å². The summed E-state index contributed by atoms with van der Waals surface area (Å²) in [6.07, 6.45) is -5.68. The minimum Gasteiger partial charge on any atom is -0.481 e. The molecule has 0 aliphatic carbocycles. The molecule has 0 saturated heterocycles. The van der Waals surface area contributed by atoms with Crippen LogP contribution in [0.1, 0.15) is 25.7 Å². The van der Waals surface area contributed by atoms with Gasteiger partial charge < -0.3 is 40.1 Å². The van der Waals surface area contributed by atoms with E-state index in [4.69, 9.17) is 30.6 Å². The molecular formula is C16H16O16.